The quantitative estimate of drug-likeness (QED) is 0.613. The van der Waals surface area contributed by atoms with Crippen molar-refractivity contribution in [3.63, 3.8) is 0 Å². The van der Waals surface area contributed by atoms with E-state index >= 15 is 0 Å². The molecule has 0 saturated heterocycles. The molecular weight excluding hydrogens is 224 g/mol. The number of Topliss-reactive ketones (excluding diaryl/α,β-unsaturated/α-hetero) is 1. The first-order valence-electron chi connectivity index (χ1n) is 6.84. The van der Waals surface area contributed by atoms with E-state index in [0.29, 0.717) is 5.78 Å². The molecule has 0 atom stereocenters. The highest BCUT2D eigenvalue weighted by atomic mass is 16.5. The largest absolute Gasteiger partial charge is 0.497 e. The van der Waals surface area contributed by atoms with Crippen molar-refractivity contribution in [2.75, 3.05) is 7.11 Å². The van der Waals surface area contributed by atoms with Gasteiger partial charge >= 0.3 is 0 Å². The number of ether oxygens (including phenoxy) is 1. The number of hydrogen-bond acceptors (Lipinski definition) is 2. The van der Waals surface area contributed by atoms with E-state index in [2.05, 4.69) is 12.1 Å². The second-order valence-electron chi connectivity index (χ2n) is 4.82. The number of ketones is 1. The second kappa shape index (κ2) is 8.73. The van der Waals surface area contributed by atoms with Crippen LogP contribution in [0.4, 0.5) is 0 Å². The number of hydrogen-bond donors (Lipinski definition) is 0. The van der Waals surface area contributed by atoms with Gasteiger partial charge in [-0.2, -0.15) is 0 Å². The minimum atomic E-state index is 0.311. The molecule has 1 aromatic rings. The van der Waals surface area contributed by atoms with Gasteiger partial charge in [0.2, 0.25) is 0 Å². The summed E-state index contributed by atoms with van der Waals surface area (Å²) >= 11 is 0. The Kier molecular flexibility index (Phi) is 7.16. The first kappa shape index (κ1) is 14.7. The monoisotopic (exact) mass is 248 g/mol. The molecule has 0 aromatic heterocycles. The summed E-state index contributed by atoms with van der Waals surface area (Å²) in [6.45, 7) is 1.67. The molecule has 0 saturated carbocycles. The molecule has 18 heavy (non-hydrogen) atoms. The molecule has 0 spiro atoms. The molecule has 1 aromatic carbocycles. The minimum Gasteiger partial charge on any atom is -0.497 e. The van der Waals surface area contributed by atoms with Gasteiger partial charge < -0.3 is 9.53 Å². The van der Waals surface area contributed by atoms with Crippen LogP contribution in [0.15, 0.2) is 24.3 Å². The van der Waals surface area contributed by atoms with E-state index in [4.69, 9.17) is 4.74 Å². The third-order valence-electron chi connectivity index (χ3n) is 3.13. The van der Waals surface area contributed by atoms with Crippen LogP contribution in [0.2, 0.25) is 0 Å². The molecule has 0 aliphatic rings. The molecule has 2 heteroatoms. The fraction of sp³-hybridized carbons (Fsp3) is 0.562. The first-order valence-corrected chi connectivity index (χ1v) is 6.84. The van der Waals surface area contributed by atoms with Crippen LogP contribution < -0.4 is 4.74 Å². The van der Waals surface area contributed by atoms with Crippen LogP contribution in [0, 0.1) is 0 Å². The maximum Gasteiger partial charge on any atom is 0.129 e. The summed E-state index contributed by atoms with van der Waals surface area (Å²) in [4.78, 5) is 10.8. The predicted octanol–water partition coefficient (Wildman–Crippen LogP) is 4.17. The lowest BCUT2D eigenvalue weighted by molar-refractivity contribution is -0.117. The average molecular weight is 248 g/mol. The molecule has 0 amide bonds. The van der Waals surface area contributed by atoms with Crippen molar-refractivity contribution >= 4 is 5.78 Å². The Balaban J connectivity index is 2.08. The van der Waals surface area contributed by atoms with E-state index in [9.17, 15) is 4.79 Å². The summed E-state index contributed by atoms with van der Waals surface area (Å²) in [6.07, 6.45) is 7.78. The zero-order valence-corrected chi connectivity index (χ0v) is 11.6. The molecule has 0 N–H and O–H groups in total. The summed E-state index contributed by atoms with van der Waals surface area (Å²) < 4.78 is 5.20. The number of unbranched alkanes of at least 4 members (excludes halogenated alkanes) is 4. The molecule has 1 rings (SSSR count). The molecule has 0 bridgehead atoms. The third kappa shape index (κ3) is 6.43. The number of methoxy groups -OCH3 is 1. The maximum absolute atomic E-state index is 10.8. The lowest BCUT2D eigenvalue weighted by atomic mass is 10.0. The van der Waals surface area contributed by atoms with Gasteiger partial charge in [-0.25, -0.2) is 0 Å². The van der Waals surface area contributed by atoms with Crippen molar-refractivity contribution in [2.45, 2.75) is 51.9 Å². The Morgan fingerprint density at radius 2 is 1.83 bits per heavy atom. The van der Waals surface area contributed by atoms with Gasteiger partial charge in [-0.3, -0.25) is 0 Å². The molecule has 0 aliphatic heterocycles. The van der Waals surface area contributed by atoms with Gasteiger partial charge in [0.15, 0.2) is 0 Å². The molecule has 100 valence electrons. The average Bonchev–Trinajstić information content (AvgIpc) is 2.37. The van der Waals surface area contributed by atoms with Crippen molar-refractivity contribution in [1.82, 2.24) is 0 Å². The van der Waals surface area contributed by atoms with Crippen molar-refractivity contribution in [1.29, 1.82) is 0 Å². The van der Waals surface area contributed by atoms with Gasteiger partial charge in [-0.15, -0.1) is 0 Å². The highest BCUT2D eigenvalue weighted by Crippen LogP contribution is 2.15. The molecule has 0 fully saturated rings. The van der Waals surface area contributed by atoms with Crippen LogP contribution >= 0.6 is 0 Å². The third-order valence-corrected chi connectivity index (χ3v) is 3.13. The Morgan fingerprint density at radius 3 is 2.56 bits per heavy atom. The lowest BCUT2D eigenvalue weighted by Crippen LogP contribution is -1.90. The van der Waals surface area contributed by atoms with Crippen LogP contribution in [0.25, 0.3) is 0 Å². The van der Waals surface area contributed by atoms with Crippen molar-refractivity contribution in [3.8, 4) is 5.75 Å². The molecule has 0 aliphatic carbocycles. The van der Waals surface area contributed by atoms with E-state index < -0.39 is 0 Å². The Bertz CT molecular complexity index is 358. The fourth-order valence-electron chi connectivity index (χ4n) is 2.06. The lowest BCUT2D eigenvalue weighted by Gasteiger charge is -2.04. The first-order chi connectivity index (χ1) is 8.72. The summed E-state index contributed by atoms with van der Waals surface area (Å²) in [6, 6.07) is 8.28. The maximum atomic E-state index is 10.8. The number of benzene rings is 1. The summed E-state index contributed by atoms with van der Waals surface area (Å²) in [7, 11) is 1.70. The van der Waals surface area contributed by atoms with Crippen LogP contribution in [0.1, 0.15) is 51.0 Å². The smallest absolute Gasteiger partial charge is 0.129 e. The molecule has 0 unspecified atom stereocenters. The zero-order valence-electron chi connectivity index (χ0n) is 11.6. The fourth-order valence-corrected chi connectivity index (χ4v) is 2.06. The van der Waals surface area contributed by atoms with E-state index in [-0.39, 0.29) is 0 Å². The highest BCUT2D eigenvalue weighted by molar-refractivity contribution is 5.75. The number of aryl methyl sites for hydroxylation is 1. The minimum absolute atomic E-state index is 0.311. The topological polar surface area (TPSA) is 26.3 Å². The van der Waals surface area contributed by atoms with Crippen molar-refractivity contribution in [3.05, 3.63) is 29.8 Å². The second-order valence-corrected chi connectivity index (χ2v) is 4.82. The number of carbonyl (C=O) groups is 1. The molecule has 2 nitrogen and oxygen atoms in total. The Hall–Kier alpha value is -1.31. The van der Waals surface area contributed by atoms with Gasteiger partial charge in [0, 0.05) is 6.42 Å². The Labute approximate surface area is 110 Å². The molecule has 0 heterocycles. The zero-order chi connectivity index (χ0) is 13.2. The summed E-state index contributed by atoms with van der Waals surface area (Å²) in [5, 5.41) is 0. The van der Waals surface area contributed by atoms with Crippen LogP contribution in [0.3, 0.4) is 0 Å². The predicted molar refractivity (Wildman–Crippen MR) is 75.1 cm³/mol. The summed E-state index contributed by atoms with van der Waals surface area (Å²) in [5.74, 6) is 1.25. The van der Waals surface area contributed by atoms with E-state index in [1.165, 1.54) is 31.2 Å². The van der Waals surface area contributed by atoms with Crippen molar-refractivity contribution < 1.29 is 9.53 Å². The van der Waals surface area contributed by atoms with E-state index in [1.807, 2.05) is 12.1 Å². The molecule has 0 radical (unpaired) electrons. The number of rotatable bonds is 9. The van der Waals surface area contributed by atoms with Gasteiger partial charge in [0.25, 0.3) is 0 Å². The van der Waals surface area contributed by atoms with E-state index in [1.54, 1.807) is 14.0 Å². The number of carbonyl (C=O) groups excluding carboxylic acids is 1. The van der Waals surface area contributed by atoms with Gasteiger partial charge in [-0.1, -0.05) is 31.4 Å². The highest BCUT2D eigenvalue weighted by Gasteiger charge is 1.97. The van der Waals surface area contributed by atoms with Gasteiger partial charge in [0.1, 0.15) is 11.5 Å². The van der Waals surface area contributed by atoms with Gasteiger partial charge in [0.05, 0.1) is 7.11 Å². The van der Waals surface area contributed by atoms with Crippen LogP contribution in [0.5, 0.6) is 5.75 Å². The van der Waals surface area contributed by atoms with E-state index in [0.717, 1.165) is 25.0 Å². The Morgan fingerprint density at radius 1 is 1.11 bits per heavy atom. The van der Waals surface area contributed by atoms with Crippen LogP contribution in [-0.2, 0) is 11.2 Å². The molecular formula is C16H24O2. The van der Waals surface area contributed by atoms with Crippen molar-refractivity contribution in [2.24, 2.45) is 0 Å². The summed E-state index contributed by atoms with van der Waals surface area (Å²) in [5.41, 5.74) is 1.35. The SMILES string of the molecule is COc1cccc(CCCCCCCC(C)=O)c1. The van der Waals surface area contributed by atoms with Crippen LogP contribution in [-0.4, -0.2) is 12.9 Å². The normalized spacial score (nSPS) is 10.3. The van der Waals surface area contributed by atoms with Gasteiger partial charge in [-0.05, 0) is 43.9 Å². The standard InChI is InChI=1S/C16H24O2/c1-14(17)9-6-4-3-5-7-10-15-11-8-12-16(13-15)18-2/h8,11-13H,3-7,9-10H2,1-2H3.